The molecular weight excluding hydrogens is 452 g/mol. The van der Waals surface area contributed by atoms with Crippen LogP contribution in [0.3, 0.4) is 0 Å². The van der Waals surface area contributed by atoms with Gasteiger partial charge in [-0.05, 0) is 42.5 Å². The van der Waals surface area contributed by atoms with Gasteiger partial charge in [-0.1, -0.05) is 26.0 Å². The van der Waals surface area contributed by atoms with Gasteiger partial charge < -0.3 is 19.7 Å². The molecule has 11 heteroatoms. The van der Waals surface area contributed by atoms with Gasteiger partial charge in [0.1, 0.15) is 11.4 Å². The van der Waals surface area contributed by atoms with Gasteiger partial charge in [-0.25, -0.2) is 4.79 Å². The molecule has 0 bridgehead atoms. The smallest absolute Gasteiger partial charge is 0.387 e. The molecular formula is C23H25F2N3O6. The zero-order valence-corrected chi connectivity index (χ0v) is 18.7. The second kappa shape index (κ2) is 10.9. The molecule has 1 heterocycles. The highest BCUT2D eigenvalue weighted by atomic mass is 19.3. The third-order valence-electron chi connectivity index (χ3n) is 5.33. The van der Waals surface area contributed by atoms with Crippen molar-refractivity contribution in [1.29, 1.82) is 0 Å². The normalized spacial score (nSPS) is 17.9. The van der Waals surface area contributed by atoms with Gasteiger partial charge >= 0.3 is 12.6 Å². The molecule has 34 heavy (non-hydrogen) atoms. The Hall–Kier alpha value is -3.76. The molecule has 0 unspecified atom stereocenters. The number of para-hydroxylation sites is 2. The molecule has 1 fully saturated rings. The van der Waals surface area contributed by atoms with E-state index in [-0.39, 0.29) is 22.7 Å². The fourth-order valence-corrected chi connectivity index (χ4v) is 4.09. The van der Waals surface area contributed by atoms with Crippen molar-refractivity contribution in [2.24, 2.45) is 11.8 Å². The van der Waals surface area contributed by atoms with E-state index in [1.807, 2.05) is 4.90 Å². The van der Waals surface area contributed by atoms with Crippen molar-refractivity contribution in [1.82, 2.24) is 0 Å². The first-order valence-electron chi connectivity index (χ1n) is 10.7. The number of piperidine rings is 1. The molecule has 0 spiro atoms. The first kappa shape index (κ1) is 24.9. The number of alkyl halides is 2. The van der Waals surface area contributed by atoms with E-state index in [0.29, 0.717) is 30.6 Å². The summed E-state index contributed by atoms with van der Waals surface area (Å²) in [6.45, 7) is 1.72. The number of ether oxygens (including phenoxy) is 2. The highest BCUT2D eigenvalue weighted by molar-refractivity contribution is 5.97. The quantitative estimate of drug-likeness (QED) is 0.339. The lowest BCUT2D eigenvalue weighted by molar-refractivity contribution is -0.384. The van der Waals surface area contributed by atoms with Crippen LogP contribution in [0.2, 0.25) is 0 Å². The second-order valence-corrected chi connectivity index (χ2v) is 8.31. The number of rotatable bonds is 8. The van der Waals surface area contributed by atoms with E-state index in [4.69, 9.17) is 4.74 Å². The Morgan fingerprint density at radius 3 is 2.50 bits per heavy atom. The van der Waals surface area contributed by atoms with E-state index >= 15 is 0 Å². The highest BCUT2D eigenvalue weighted by Gasteiger charge is 2.28. The molecule has 1 saturated heterocycles. The van der Waals surface area contributed by atoms with Crippen molar-refractivity contribution < 1.29 is 32.8 Å². The summed E-state index contributed by atoms with van der Waals surface area (Å²) in [7, 11) is 0. The Morgan fingerprint density at radius 2 is 1.85 bits per heavy atom. The van der Waals surface area contributed by atoms with Crippen LogP contribution < -0.4 is 15.0 Å². The standard InChI is InChI=1S/C23H25F2N3O6/c1-14-9-15(2)12-27(11-14)18-8-7-16(10-19(18)28(31)32)22(30)33-13-21(29)26-17-5-3-4-6-20(17)34-23(24)25/h3-8,10,14-15,23H,9,11-13H2,1-2H3,(H,26,29)/t14-,15-/m1/s1. The van der Waals surface area contributed by atoms with Gasteiger partial charge in [-0.3, -0.25) is 14.9 Å². The third kappa shape index (κ3) is 6.40. The Labute approximate surface area is 194 Å². The molecule has 0 radical (unpaired) electrons. The highest BCUT2D eigenvalue weighted by Crippen LogP contribution is 2.34. The van der Waals surface area contributed by atoms with Crippen molar-refractivity contribution in [2.45, 2.75) is 26.9 Å². The fraction of sp³-hybridized carbons (Fsp3) is 0.391. The maximum absolute atomic E-state index is 12.5. The van der Waals surface area contributed by atoms with Gasteiger partial charge in [0.05, 0.1) is 16.2 Å². The number of carbonyl (C=O) groups excluding carboxylic acids is 2. The minimum absolute atomic E-state index is 0.0196. The number of amides is 1. The summed E-state index contributed by atoms with van der Waals surface area (Å²) < 4.78 is 34.3. The minimum Gasteiger partial charge on any atom is -0.452 e. The number of nitrogens with one attached hydrogen (secondary N) is 1. The Kier molecular flexibility index (Phi) is 7.98. The second-order valence-electron chi connectivity index (χ2n) is 8.31. The number of esters is 1. The summed E-state index contributed by atoms with van der Waals surface area (Å²) in [5, 5.41) is 14.0. The molecule has 2 aromatic rings. The first-order chi connectivity index (χ1) is 16.1. The van der Waals surface area contributed by atoms with Crippen molar-refractivity contribution in [2.75, 3.05) is 29.9 Å². The van der Waals surface area contributed by atoms with Crippen LogP contribution in [-0.2, 0) is 9.53 Å². The number of nitro groups is 1. The van der Waals surface area contributed by atoms with Gasteiger partial charge in [0, 0.05) is 19.2 Å². The predicted molar refractivity (Wildman–Crippen MR) is 120 cm³/mol. The molecule has 0 saturated carbocycles. The maximum Gasteiger partial charge on any atom is 0.387 e. The first-order valence-corrected chi connectivity index (χ1v) is 10.7. The Morgan fingerprint density at radius 1 is 1.18 bits per heavy atom. The molecule has 0 aromatic heterocycles. The predicted octanol–water partition coefficient (Wildman–Crippen LogP) is 4.47. The van der Waals surface area contributed by atoms with Crippen LogP contribution in [0, 0.1) is 22.0 Å². The number of nitrogens with zero attached hydrogens (tertiary/aromatic N) is 2. The lowest BCUT2D eigenvalue weighted by atomic mass is 9.91. The van der Waals surface area contributed by atoms with Gasteiger partial charge in [0.2, 0.25) is 0 Å². The zero-order chi connectivity index (χ0) is 24.8. The summed E-state index contributed by atoms with van der Waals surface area (Å²) in [5.74, 6) is -1.21. The van der Waals surface area contributed by atoms with E-state index < -0.39 is 30.0 Å². The lowest BCUT2D eigenvalue weighted by Gasteiger charge is -2.36. The van der Waals surface area contributed by atoms with Gasteiger partial charge in [0.25, 0.3) is 11.6 Å². The van der Waals surface area contributed by atoms with Crippen molar-refractivity contribution >= 4 is 28.9 Å². The van der Waals surface area contributed by atoms with Crippen LogP contribution in [0.15, 0.2) is 42.5 Å². The summed E-state index contributed by atoms with van der Waals surface area (Å²) in [6, 6.07) is 9.61. The largest absolute Gasteiger partial charge is 0.452 e. The number of hydrogen-bond acceptors (Lipinski definition) is 7. The van der Waals surface area contributed by atoms with Crippen LogP contribution in [0.25, 0.3) is 0 Å². The zero-order valence-electron chi connectivity index (χ0n) is 18.7. The number of halogens is 2. The minimum atomic E-state index is -3.08. The average Bonchev–Trinajstić information content (AvgIpc) is 2.77. The Bertz CT molecular complexity index is 1050. The molecule has 1 aliphatic heterocycles. The van der Waals surface area contributed by atoms with E-state index in [1.54, 1.807) is 0 Å². The summed E-state index contributed by atoms with van der Waals surface area (Å²) >= 11 is 0. The van der Waals surface area contributed by atoms with Crippen molar-refractivity contribution in [3.8, 4) is 5.75 Å². The number of anilines is 2. The van der Waals surface area contributed by atoms with E-state index in [9.17, 15) is 28.5 Å². The summed E-state index contributed by atoms with van der Waals surface area (Å²) in [6.07, 6.45) is 1.04. The van der Waals surface area contributed by atoms with E-state index in [1.165, 1.54) is 36.4 Å². The van der Waals surface area contributed by atoms with Gasteiger partial charge in [-0.15, -0.1) is 0 Å². The maximum atomic E-state index is 12.5. The van der Waals surface area contributed by atoms with Crippen LogP contribution in [0.5, 0.6) is 5.75 Å². The lowest BCUT2D eigenvalue weighted by Crippen LogP contribution is -2.39. The molecule has 1 N–H and O–H groups in total. The van der Waals surface area contributed by atoms with E-state index in [2.05, 4.69) is 23.9 Å². The summed E-state index contributed by atoms with van der Waals surface area (Å²) in [4.78, 5) is 37.6. The van der Waals surface area contributed by atoms with Gasteiger partial charge in [0.15, 0.2) is 6.61 Å². The SMILES string of the molecule is C[C@@H]1C[C@@H](C)CN(c2ccc(C(=O)OCC(=O)Nc3ccccc3OC(F)F)cc2[N+](=O)[O-])C1. The molecule has 0 aliphatic carbocycles. The molecule has 1 aliphatic rings. The number of hydrogen-bond donors (Lipinski definition) is 1. The number of nitro benzene ring substituents is 1. The third-order valence-corrected chi connectivity index (χ3v) is 5.33. The van der Waals surface area contributed by atoms with Crippen molar-refractivity contribution in [3.05, 3.63) is 58.1 Å². The fourth-order valence-electron chi connectivity index (χ4n) is 4.09. The Balaban J connectivity index is 1.67. The van der Waals surface area contributed by atoms with E-state index in [0.717, 1.165) is 12.5 Å². The molecule has 2 aromatic carbocycles. The van der Waals surface area contributed by atoms with Crippen LogP contribution in [0.4, 0.5) is 25.8 Å². The van der Waals surface area contributed by atoms with Gasteiger partial charge in [-0.2, -0.15) is 8.78 Å². The van der Waals surface area contributed by atoms with Crippen LogP contribution in [-0.4, -0.2) is 43.1 Å². The number of carbonyl (C=O) groups is 2. The molecule has 1 amide bonds. The van der Waals surface area contributed by atoms with Crippen LogP contribution >= 0.6 is 0 Å². The molecule has 2 atom stereocenters. The molecule has 3 rings (SSSR count). The summed E-state index contributed by atoms with van der Waals surface area (Å²) in [5.41, 5.74) is 0.100. The van der Waals surface area contributed by atoms with Crippen LogP contribution in [0.1, 0.15) is 30.6 Å². The topological polar surface area (TPSA) is 111 Å². The molecule has 182 valence electrons. The molecule has 9 nitrogen and oxygen atoms in total. The monoisotopic (exact) mass is 477 g/mol. The average molecular weight is 477 g/mol. The van der Waals surface area contributed by atoms with Crippen molar-refractivity contribution in [3.63, 3.8) is 0 Å². The number of benzene rings is 2.